The molecule has 0 unspecified atom stereocenters. The monoisotopic (exact) mass is 320 g/mol. The van der Waals surface area contributed by atoms with Gasteiger partial charge in [-0.25, -0.2) is 9.59 Å². The van der Waals surface area contributed by atoms with Crippen LogP contribution in [0.25, 0.3) is 0 Å². The summed E-state index contributed by atoms with van der Waals surface area (Å²) in [6, 6.07) is 8.63. The first kappa shape index (κ1) is 16.3. The highest BCUT2D eigenvalue weighted by molar-refractivity contribution is 6.16. The van der Waals surface area contributed by atoms with Crippen LogP contribution in [-0.2, 0) is 12.3 Å². The summed E-state index contributed by atoms with van der Waals surface area (Å²) < 4.78 is 10.7. The number of carbonyl (C=O) groups is 1. The Labute approximate surface area is 133 Å². The Bertz CT molecular complexity index is 719. The van der Waals surface area contributed by atoms with Crippen molar-refractivity contribution >= 4 is 17.6 Å². The zero-order valence-corrected chi connectivity index (χ0v) is 13.3. The third-order valence-corrected chi connectivity index (χ3v) is 3.54. The van der Waals surface area contributed by atoms with E-state index in [0.717, 1.165) is 6.42 Å². The van der Waals surface area contributed by atoms with Crippen LogP contribution in [0.5, 0.6) is 5.75 Å². The minimum absolute atomic E-state index is 0.0563. The molecule has 22 heavy (non-hydrogen) atoms. The van der Waals surface area contributed by atoms with E-state index >= 15 is 0 Å². The highest BCUT2D eigenvalue weighted by Gasteiger charge is 2.20. The average molecular weight is 321 g/mol. The highest BCUT2D eigenvalue weighted by Crippen LogP contribution is 2.28. The van der Waals surface area contributed by atoms with Crippen LogP contribution in [-0.4, -0.2) is 5.97 Å². The summed E-state index contributed by atoms with van der Waals surface area (Å²) in [7, 11) is 0. The van der Waals surface area contributed by atoms with Crippen molar-refractivity contribution in [2.45, 2.75) is 32.6 Å². The molecule has 116 valence electrons. The SMILES string of the molecule is CCCc1c(CCl)oc(=O)c(C)c1OC(=O)c1ccccc1. The molecule has 0 aliphatic carbocycles. The van der Waals surface area contributed by atoms with E-state index < -0.39 is 11.6 Å². The van der Waals surface area contributed by atoms with Crippen molar-refractivity contribution in [3.63, 3.8) is 0 Å². The molecule has 0 aliphatic rings. The van der Waals surface area contributed by atoms with E-state index in [1.165, 1.54) is 0 Å². The summed E-state index contributed by atoms with van der Waals surface area (Å²) in [6.45, 7) is 3.57. The topological polar surface area (TPSA) is 56.5 Å². The van der Waals surface area contributed by atoms with Crippen LogP contribution in [0.15, 0.2) is 39.5 Å². The van der Waals surface area contributed by atoms with Gasteiger partial charge in [-0.15, -0.1) is 11.6 Å². The zero-order chi connectivity index (χ0) is 16.1. The maximum atomic E-state index is 12.2. The number of hydrogen-bond donors (Lipinski definition) is 0. The van der Waals surface area contributed by atoms with Crippen molar-refractivity contribution in [3.8, 4) is 5.75 Å². The highest BCUT2D eigenvalue weighted by atomic mass is 35.5. The Morgan fingerprint density at radius 3 is 2.55 bits per heavy atom. The molecule has 0 bridgehead atoms. The fraction of sp³-hybridized carbons (Fsp3) is 0.294. The molecule has 1 heterocycles. The van der Waals surface area contributed by atoms with Gasteiger partial charge >= 0.3 is 11.6 Å². The minimum atomic E-state index is -0.536. The predicted molar refractivity (Wildman–Crippen MR) is 84.7 cm³/mol. The summed E-state index contributed by atoms with van der Waals surface area (Å²) in [5.41, 5.74) is 0.844. The summed E-state index contributed by atoms with van der Waals surface area (Å²) >= 11 is 5.84. The average Bonchev–Trinajstić information content (AvgIpc) is 2.54. The van der Waals surface area contributed by atoms with Gasteiger partial charge in [-0.05, 0) is 25.5 Å². The molecule has 0 atom stereocenters. The minimum Gasteiger partial charge on any atom is -0.426 e. The first-order valence-electron chi connectivity index (χ1n) is 7.07. The van der Waals surface area contributed by atoms with Crippen LogP contribution < -0.4 is 10.4 Å². The second-order valence-electron chi connectivity index (χ2n) is 4.88. The number of alkyl halides is 1. The smallest absolute Gasteiger partial charge is 0.343 e. The summed E-state index contributed by atoms with van der Waals surface area (Å²) in [5, 5.41) is 0. The molecule has 2 rings (SSSR count). The molecule has 5 heteroatoms. The number of benzene rings is 1. The van der Waals surface area contributed by atoms with Gasteiger partial charge in [-0.3, -0.25) is 0 Å². The van der Waals surface area contributed by atoms with Crippen LogP contribution in [0, 0.1) is 6.92 Å². The number of esters is 1. The number of halogens is 1. The molecule has 0 N–H and O–H groups in total. The van der Waals surface area contributed by atoms with Crippen molar-refractivity contribution in [2.24, 2.45) is 0 Å². The number of hydrogen-bond acceptors (Lipinski definition) is 4. The standard InChI is InChI=1S/C17H17ClO4/c1-3-7-13-14(10-18)21-16(19)11(2)15(13)22-17(20)12-8-5-4-6-9-12/h4-6,8-9H,3,7,10H2,1-2H3. The Hall–Kier alpha value is -2.07. The molecule has 0 aliphatic heterocycles. The molecular formula is C17H17ClO4. The molecule has 0 radical (unpaired) electrons. The Morgan fingerprint density at radius 1 is 1.27 bits per heavy atom. The van der Waals surface area contributed by atoms with Crippen molar-refractivity contribution in [2.75, 3.05) is 0 Å². The third kappa shape index (κ3) is 3.39. The first-order valence-corrected chi connectivity index (χ1v) is 7.60. The van der Waals surface area contributed by atoms with Crippen LogP contribution in [0.2, 0.25) is 0 Å². The molecular weight excluding hydrogens is 304 g/mol. The maximum absolute atomic E-state index is 12.2. The van der Waals surface area contributed by atoms with Crippen LogP contribution in [0.1, 0.15) is 40.6 Å². The summed E-state index contributed by atoms with van der Waals surface area (Å²) in [4.78, 5) is 24.1. The largest absolute Gasteiger partial charge is 0.426 e. The van der Waals surface area contributed by atoms with Gasteiger partial charge in [0.1, 0.15) is 11.5 Å². The van der Waals surface area contributed by atoms with Crippen LogP contribution in [0.3, 0.4) is 0 Å². The maximum Gasteiger partial charge on any atom is 0.343 e. The first-order chi connectivity index (χ1) is 10.6. The van der Waals surface area contributed by atoms with Crippen LogP contribution in [0.4, 0.5) is 0 Å². The van der Waals surface area contributed by atoms with E-state index in [0.29, 0.717) is 23.3 Å². The zero-order valence-electron chi connectivity index (χ0n) is 12.5. The fourth-order valence-corrected chi connectivity index (χ4v) is 2.39. The molecule has 1 aromatic heterocycles. The van der Waals surface area contributed by atoms with Gasteiger partial charge in [0.25, 0.3) is 0 Å². The summed E-state index contributed by atoms with van der Waals surface area (Å²) in [5.74, 6) is 0.172. The molecule has 4 nitrogen and oxygen atoms in total. The van der Waals surface area contributed by atoms with Gasteiger partial charge in [0, 0.05) is 5.56 Å². The van der Waals surface area contributed by atoms with Gasteiger partial charge in [-0.2, -0.15) is 0 Å². The van der Waals surface area contributed by atoms with Gasteiger partial charge in [0.05, 0.1) is 17.0 Å². The second-order valence-corrected chi connectivity index (χ2v) is 5.15. The van der Waals surface area contributed by atoms with Gasteiger partial charge in [-0.1, -0.05) is 31.5 Å². The number of rotatable bonds is 5. The normalized spacial score (nSPS) is 10.5. The molecule has 0 amide bonds. The van der Waals surface area contributed by atoms with Gasteiger partial charge < -0.3 is 9.15 Å². The molecule has 0 saturated carbocycles. The lowest BCUT2D eigenvalue weighted by molar-refractivity contribution is 0.0730. The van der Waals surface area contributed by atoms with Crippen molar-refractivity contribution in [1.29, 1.82) is 0 Å². The Balaban J connectivity index is 2.47. The molecule has 2 aromatic rings. The van der Waals surface area contributed by atoms with Crippen molar-refractivity contribution in [3.05, 3.63) is 63.2 Å². The van der Waals surface area contributed by atoms with Crippen molar-refractivity contribution < 1.29 is 13.9 Å². The predicted octanol–water partition coefficient (Wildman–Crippen LogP) is 3.86. The molecule has 0 fully saturated rings. The molecule has 0 spiro atoms. The van der Waals surface area contributed by atoms with E-state index in [9.17, 15) is 9.59 Å². The van der Waals surface area contributed by atoms with E-state index in [1.807, 2.05) is 13.0 Å². The van der Waals surface area contributed by atoms with E-state index in [-0.39, 0.29) is 17.2 Å². The Morgan fingerprint density at radius 2 is 1.95 bits per heavy atom. The van der Waals surface area contributed by atoms with E-state index in [2.05, 4.69) is 0 Å². The summed E-state index contributed by atoms with van der Waals surface area (Å²) in [6.07, 6.45) is 1.43. The van der Waals surface area contributed by atoms with Gasteiger partial charge in [0.15, 0.2) is 0 Å². The van der Waals surface area contributed by atoms with E-state index in [4.69, 9.17) is 20.8 Å². The van der Waals surface area contributed by atoms with E-state index in [1.54, 1.807) is 31.2 Å². The third-order valence-electron chi connectivity index (χ3n) is 3.30. The molecule has 0 saturated heterocycles. The molecule has 1 aromatic carbocycles. The quantitative estimate of drug-likeness (QED) is 0.620. The lowest BCUT2D eigenvalue weighted by Gasteiger charge is -2.14. The number of carbonyl (C=O) groups excluding carboxylic acids is 1. The lowest BCUT2D eigenvalue weighted by atomic mass is 10.1. The number of ether oxygens (including phenoxy) is 1. The Kier molecular flexibility index (Phi) is 5.39. The van der Waals surface area contributed by atoms with Gasteiger partial charge in [0.2, 0.25) is 0 Å². The second kappa shape index (κ2) is 7.27. The van der Waals surface area contributed by atoms with Crippen LogP contribution >= 0.6 is 11.6 Å². The van der Waals surface area contributed by atoms with Crippen molar-refractivity contribution in [1.82, 2.24) is 0 Å². The lowest BCUT2D eigenvalue weighted by Crippen LogP contribution is -2.16. The fourth-order valence-electron chi connectivity index (χ4n) is 2.17.